The lowest BCUT2D eigenvalue weighted by atomic mass is 9.44. The van der Waals surface area contributed by atoms with E-state index in [2.05, 4.69) is 60.7 Å². The minimum absolute atomic E-state index is 0.255. The number of allylic oxidation sites excluding steroid dienone is 2. The van der Waals surface area contributed by atoms with Gasteiger partial charge in [0.15, 0.2) is 8.32 Å². The van der Waals surface area contributed by atoms with Gasteiger partial charge in [-0.3, -0.25) is 0 Å². The summed E-state index contributed by atoms with van der Waals surface area (Å²) in [6.45, 7) is 19.8. The van der Waals surface area contributed by atoms with Gasteiger partial charge in [-0.2, -0.15) is 0 Å². The van der Waals surface area contributed by atoms with E-state index in [0.717, 1.165) is 37.2 Å². The summed E-state index contributed by atoms with van der Waals surface area (Å²) in [6.07, 6.45) is 13.7. The zero-order valence-corrected chi connectivity index (χ0v) is 22.8. The summed E-state index contributed by atoms with van der Waals surface area (Å²) < 4.78 is 7.04. The number of fused-ring (bicyclic) bond motifs is 5. The van der Waals surface area contributed by atoms with Crippen molar-refractivity contribution in [2.75, 3.05) is 6.61 Å². The highest BCUT2D eigenvalue weighted by molar-refractivity contribution is 6.74. The summed E-state index contributed by atoms with van der Waals surface area (Å²) in [5.41, 5.74) is 2.01. The molecule has 0 heterocycles. The molecule has 3 heteroatoms. The fourth-order valence-electron chi connectivity index (χ4n) is 8.37. The molecule has 0 spiro atoms. The third-order valence-corrected chi connectivity index (χ3v) is 15.8. The zero-order chi connectivity index (χ0) is 22.9. The minimum Gasteiger partial charge on any atom is -0.416 e. The SMILES string of the molecule is C/C=C1/CC[C@H]2[C@@H]3CC[C@@H]4C[C@](C)(O)CC[C@]4(CO[Si](C)(C)C(C)(C)C)[C@H]3CC[C@]12C. The van der Waals surface area contributed by atoms with E-state index in [-0.39, 0.29) is 5.04 Å². The topological polar surface area (TPSA) is 29.5 Å². The molecule has 31 heavy (non-hydrogen) atoms. The normalized spacial score (nSPS) is 47.1. The highest BCUT2D eigenvalue weighted by atomic mass is 28.4. The van der Waals surface area contributed by atoms with E-state index in [1.807, 2.05) is 0 Å². The number of hydrogen-bond donors (Lipinski definition) is 1. The van der Waals surface area contributed by atoms with Gasteiger partial charge in [-0.1, -0.05) is 39.3 Å². The minimum atomic E-state index is -1.79. The summed E-state index contributed by atoms with van der Waals surface area (Å²) in [4.78, 5) is 0. The Labute approximate surface area is 193 Å². The van der Waals surface area contributed by atoms with Crippen LogP contribution in [0.2, 0.25) is 18.1 Å². The molecule has 1 N–H and O–H groups in total. The highest BCUT2D eigenvalue weighted by Gasteiger charge is 2.61. The Bertz CT molecular complexity index is 717. The summed E-state index contributed by atoms with van der Waals surface area (Å²) in [7, 11) is -1.79. The molecule has 0 aromatic heterocycles. The Morgan fingerprint density at radius 1 is 1.03 bits per heavy atom. The second-order valence-electron chi connectivity index (χ2n) is 13.9. The third kappa shape index (κ3) is 3.83. The Morgan fingerprint density at radius 2 is 1.74 bits per heavy atom. The smallest absolute Gasteiger partial charge is 0.192 e. The first-order chi connectivity index (χ1) is 14.3. The summed E-state index contributed by atoms with van der Waals surface area (Å²) in [5, 5.41) is 11.3. The van der Waals surface area contributed by atoms with Crippen LogP contribution in [0.3, 0.4) is 0 Å². The largest absolute Gasteiger partial charge is 0.416 e. The van der Waals surface area contributed by atoms with Crippen molar-refractivity contribution in [1.29, 1.82) is 0 Å². The molecule has 0 aromatic carbocycles. The molecule has 0 amide bonds. The first-order valence-electron chi connectivity index (χ1n) is 13.3. The lowest BCUT2D eigenvalue weighted by Gasteiger charge is -2.63. The monoisotopic (exact) mass is 446 g/mol. The molecule has 0 aliphatic heterocycles. The summed E-state index contributed by atoms with van der Waals surface area (Å²) in [5.74, 6) is 3.15. The predicted molar refractivity (Wildman–Crippen MR) is 134 cm³/mol. The van der Waals surface area contributed by atoms with E-state index in [1.54, 1.807) is 5.57 Å². The van der Waals surface area contributed by atoms with Crippen molar-refractivity contribution in [2.45, 2.75) is 123 Å². The van der Waals surface area contributed by atoms with Crippen molar-refractivity contribution in [2.24, 2.45) is 34.5 Å². The Kier molecular flexibility index (Phi) is 5.97. The Hall–Kier alpha value is -0.123. The van der Waals surface area contributed by atoms with E-state index in [0.29, 0.717) is 16.7 Å². The summed E-state index contributed by atoms with van der Waals surface area (Å²) >= 11 is 0. The average molecular weight is 447 g/mol. The quantitative estimate of drug-likeness (QED) is 0.355. The maximum Gasteiger partial charge on any atom is 0.192 e. The number of rotatable bonds is 3. The van der Waals surface area contributed by atoms with Gasteiger partial charge in [0, 0.05) is 6.61 Å². The molecule has 178 valence electrons. The van der Waals surface area contributed by atoms with Gasteiger partial charge in [-0.25, -0.2) is 0 Å². The van der Waals surface area contributed by atoms with Crippen LogP contribution in [0.25, 0.3) is 0 Å². The second-order valence-corrected chi connectivity index (χ2v) is 18.8. The lowest BCUT2D eigenvalue weighted by Crippen LogP contribution is -2.59. The van der Waals surface area contributed by atoms with Crippen LogP contribution in [0.4, 0.5) is 0 Å². The van der Waals surface area contributed by atoms with Gasteiger partial charge in [0.1, 0.15) is 0 Å². The van der Waals surface area contributed by atoms with E-state index in [1.165, 1.54) is 44.9 Å². The van der Waals surface area contributed by atoms with Gasteiger partial charge in [0.05, 0.1) is 5.60 Å². The lowest BCUT2D eigenvalue weighted by molar-refractivity contribution is -0.162. The van der Waals surface area contributed by atoms with Crippen LogP contribution in [-0.2, 0) is 4.43 Å². The fraction of sp³-hybridized carbons (Fsp3) is 0.929. The van der Waals surface area contributed by atoms with E-state index in [9.17, 15) is 5.11 Å². The van der Waals surface area contributed by atoms with Crippen molar-refractivity contribution < 1.29 is 9.53 Å². The standard InChI is InChI=1S/C28H50O2Si/c1-9-20-11-13-23-22-12-10-21-18-26(5,29)16-17-28(21,24(22)14-15-27(20,23)6)19-30-31(7,8)25(2,3)4/h9,21-24,29H,10-19H2,1-8H3/b20-9-/t21-,22+,23+,24+,26-,27-,28-/m1/s1. The van der Waals surface area contributed by atoms with Crippen molar-refractivity contribution in [1.82, 2.24) is 0 Å². The van der Waals surface area contributed by atoms with Gasteiger partial charge in [0.25, 0.3) is 0 Å². The molecule has 2 nitrogen and oxygen atoms in total. The zero-order valence-electron chi connectivity index (χ0n) is 21.8. The van der Waals surface area contributed by atoms with Crippen molar-refractivity contribution in [3.63, 3.8) is 0 Å². The van der Waals surface area contributed by atoms with E-state index < -0.39 is 13.9 Å². The molecule has 0 unspecified atom stereocenters. The Morgan fingerprint density at radius 3 is 2.39 bits per heavy atom. The molecule has 4 saturated carbocycles. The van der Waals surface area contributed by atoms with Crippen molar-refractivity contribution >= 4 is 8.32 Å². The van der Waals surface area contributed by atoms with Gasteiger partial charge in [-0.05, 0) is 124 Å². The van der Waals surface area contributed by atoms with Crippen LogP contribution < -0.4 is 0 Å². The first kappa shape index (κ1) is 24.0. The third-order valence-electron chi connectivity index (χ3n) is 11.4. The number of aliphatic hydroxyl groups is 1. The van der Waals surface area contributed by atoms with Gasteiger partial charge in [-0.15, -0.1) is 0 Å². The first-order valence-corrected chi connectivity index (χ1v) is 16.2. The molecule has 0 bridgehead atoms. The molecule has 4 aliphatic rings. The van der Waals surface area contributed by atoms with Gasteiger partial charge in [0.2, 0.25) is 0 Å². The molecule has 0 saturated heterocycles. The van der Waals surface area contributed by atoms with E-state index in [4.69, 9.17) is 4.43 Å². The van der Waals surface area contributed by atoms with Crippen molar-refractivity contribution in [3.05, 3.63) is 11.6 Å². The average Bonchev–Trinajstić information content (AvgIpc) is 3.01. The van der Waals surface area contributed by atoms with Crippen molar-refractivity contribution in [3.8, 4) is 0 Å². The van der Waals surface area contributed by atoms with Gasteiger partial charge >= 0.3 is 0 Å². The number of hydrogen-bond acceptors (Lipinski definition) is 2. The van der Waals surface area contributed by atoms with Gasteiger partial charge < -0.3 is 9.53 Å². The molecule has 7 atom stereocenters. The molecule has 4 aliphatic carbocycles. The maximum atomic E-state index is 11.0. The van der Waals surface area contributed by atoms with E-state index >= 15 is 0 Å². The Balaban J connectivity index is 1.66. The summed E-state index contributed by atoms with van der Waals surface area (Å²) in [6, 6.07) is 0. The molecular formula is C28H50O2Si. The molecule has 4 fully saturated rings. The van der Waals surface area contributed by atoms with Crippen LogP contribution in [0, 0.1) is 34.5 Å². The van der Waals surface area contributed by atoms with Crippen LogP contribution >= 0.6 is 0 Å². The highest BCUT2D eigenvalue weighted by Crippen LogP contribution is 2.68. The van der Waals surface area contributed by atoms with Crippen LogP contribution in [0.15, 0.2) is 11.6 Å². The fourth-order valence-corrected chi connectivity index (χ4v) is 9.43. The van der Waals surface area contributed by atoms with Crippen LogP contribution in [-0.4, -0.2) is 25.6 Å². The molecule has 4 rings (SSSR count). The van der Waals surface area contributed by atoms with Crippen LogP contribution in [0.5, 0.6) is 0 Å². The second kappa shape index (κ2) is 7.70. The molecular weight excluding hydrogens is 396 g/mol. The van der Waals surface area contributed by atoms with Crippen LogP contribution in [0.1, 0.15) is 99.3 Å². The maximum absolute atomic E-state index is 11.0. The molecule has 0 radical (unpaired) electrons. The predicted octanol–water partition coefficient (Wildman–Crippen LogP) is 7.73. The molecule has 0 aromatic rings.